The summed E-state index contributed by atoms with van der Waals surface area (Å²) in [7, 11) is 0.607. The third-order valence-electron chi connectivity index (χ3n) is 5.10. The van der Waals surface area contributed by atoms with Gasteiger partial charge in [-0.2, -0.15) is 4.31 Å². The van der Waals surface area contributed by atoms with Gasteiger partial charge in [-0.25, -0.2) is 8.42 Å². The fourth-order valence-corrected chi connectivity index (χ4v) is 5.11. The molecule has 30 heavy (non-hydrogen) atoms. The van der Waals surface area contributed by atoms with Crippen LogP contribution in [0.3, 0.4) is 0 Å². The van der Waals surface area contributed by atoms with Crippen molar-refractivity contribution in [1.82, 2.24) is 4.31 Å². The van der Waals surface area contributed by atoms with Gasteiger partial charge in [-0.1, -0.05) is 0 Å². The number of nitrogens with zero attached hydrogens (tertiary/aromatic N) is 1. The average molecular weight is 435 g/mol. The van der Waals surface area contributed by atoms with E-state index >= 15 is 0 Å². The molecule has 1 atom stereocenters. The molecule has 162 valence electrons. The summed E-state index contributed by atoms with van der Waals surface area (Å²) in [6.07, 6.45) is 1.20. The molecule has 1 N–H and O–H groups in total. The highest BCUT2D eigenvalue weighted by atomic mass is 32.2. The normalized spacial score (nSPS) is 17.2. The first-order chi connectivity index (χ1) is 14.4. The predicted octanol–water partition coefficient (Wildman–Crippen LogP) is 2.75. The van der Waals surface area contributed by atoms with Gasteiger partial charge in [0.25, 0.3) is 0 Å². The van der Waals surface area contributed by atoms with Crippen LogP contribution < -0.4 is 19.5 Å². The third-order valence-corrected chi connectivity index (χ3v) is 6.99. The van der Waals surface area contributed by atoms with E-state index in [0.29, 0.717) is 36.6 Å². The molecule has 9 heteroatoms. The monoisotopic (exact) mass is 434 g/mol. The summed E-state index contributed by atoms with van der Waals surface area (Å²) in [5.74, 6) is 0.681. The van der Waals surface area contributed by atoms with Crippen molar-refractivity contribution < 1.29 is 27.4 Å². The van der Waals surface area contributed by atoms with Crippen molar-refractivity contribution in [2.75, 3.05) is 39.7 Å². The third kappa shape index (κ3) is 4.68. The first kappa shape index (κ1) is 21.9. The lowest BCUT2D eigenvalue weighted by molar-refractivity contribution is -0.120. The molecular formula is C21H26N2O6S. The van der Waals surface area contributed by atoms with Crippen molar-refractivity contribution in [2.24, 2.45) is 5.92 Å². The molecule has 1 aliphatic heterocycles. The zero-order valence-corrected chi connectivity index (χ0v) is 18.1. The smallest absolute Gasteiger partial charge is 0.246 e. The maximum Gasteiger partial charge on any atom is 0.246 e. The van der Waals surface area contributed by atoms with Crippen LogP contribution in [0.15, 0.2) is 47.4 Å². The Hall–Kier alpha value is -2.78. The Morgan fingerprint density at radius 2 is 1.67 bits per heavy atom. The highest BCUT2D eigenvalue weighted by Gasteiger charge is 2.35. The number of piperidine rings is 1. The molecule has 0 saturated carbocycles. The molecule has 0 radical (unpaired) electrons. The molecular weight excluding hydrogens is 408 g/mol. The molecule has 2 aromatic rings. The van der Waals surface area contributed by atoms with Crippen molar-refractivity contribution in [1.29, 1.82) is 0 Å². The van der Waals surface area contributed by atoms with Crippen LogP contribution in [0.4, 0.5) is 5.69 Å². The Kier molecular flexibility index (Phi) is 6.84. The zero-order valence-electron chi connectivity index (χ0n) is 17.3. The molecule has 1 amide bonds. The van der Waals surface area contributed by atoms with Crippen molar-refractivity contribution in [3.05, 3.63) is 42.5 Å². The lowest BCUT2D eigenvalue weighted by Gasteiger charge is -2.31. The maximum atomic E-state index is 13.3. The minimum Gasteiger partial charge on any atom is -0.497 e. The molecule has 1 saturated heterocycles. The molecule has 0 aliphatic carbocycles. The van der Waals surface area contributed by atoms with Crippen LogP contribution >= 0.6 is 0 Å². The molecule has 0 unspecified atom stereocenters. The van der Waals surface area contributed by atoms with Gasteiger partial charge in [0.05, 0.1) is 27.2 Å². The standard InChI is InChI=1S/C21H26N2O6S/c1-27-17-8-6-16(7-9-17)22-21(24)15-5-4-12-23(14-15)30(25,26)20-13-18(28-2)10-11-19(20)29-3/h6-11,13,15H,4-5,12,14H2,1-3H3,(H,22,24)/t15-/m1/s1. The Bertz CT molecular complexity index is 991. The molecule has 0 aromatic heterocycles. The molecule has 1 fully saturated rings. The number of carbonyl (C=O) groups excluding carboxylic acids is 1. The Balaban J connectivity index is 1.77. The summed E-state index contributed by atoms with van der Waals surface area (Å²) in [4.78, 5) is 12.8. The van der Waals surface area contributed by atoms with E-state index < -0.39 is 15.9 Å². The van der Waals surface area contributed by atoms with E-state index in [1.807, 2.05) is 0 Å². The van der Waals surface area contributed by atoms with E-state index in [4.69, 9.17) is 14.2 Å². The second-order valence-electron chi connectivity index (χ2n) is 6.94. The molecule has 0 bridgehead atoms. The molecule has 1 aliphatic rings. The molecule has 8 nitrogen and oxygen atoms in total. The molecule has 1 heterocycles. The number of sulfonamides is 1. The molecule has 3 rings (SSSR count). The molecule has 0 spiro atoms. The lowest BCUT2D eigenvalue weighted by Crippen LogP contribution is -2.43. The topological polar surface area (TPSA) is 94.2 Å². The number of methoxy groups -OCH3 is 3. The first-order valence-corrected chi connectivity index (χ1v) is 11.0. The van der Waals surface area contributed by atoms with Gasteiger partial charge in [0, 0.05) is 24.8 Å². The Morgan fingerprint density at radius 1 is 1.00 bits per heavy atom. The van der Waals surface area contributed by atoms with Crippen LogP contribution in [0, 0.1) is 5.92 Å². The second-order valence-corrected chi connectivity index (χ2v) is 8.84. The van der Waals surface area contributed by atoms with E-state index in [1.54, 1.807) is 43.5 Å². The highest BCUT2D eigenvalue weighted by molar-refractivity contribution is 7.89. The quantitative estimate of drug-likeness (QED) is 0.720. The van der Waals surface area contributed by atoms with Gasteiger partial charge in [0.15, 0.2) is 0 Å². The minimum atomic E-state index is -3.85. The van der Waals surface area contributed by atoms with Gasteiger partial charge in [-0.15, -0.1) is 0 Å². The van der Waals surface area contributed by atoms with E-state index in [2.05, 4.69) is 5.32 Å². The van der Waals surface area contributed by atoms with Crippen LogP contribution in [0.2, 0.25) is 0 Å². The van der Waals surface area contributed by atoms with E-state index in [9.17, 15) is 13.2 Å². The zero-order chi connectivity index (χ0) is 21.7. The van der Waals surface area contributed by atoms with Gasteiger partial charge in [-0.05, 0) is 49.2 Å². The van der Waals surface area contributed by atoms with Crippen LogP contribution in [-0.2, 0) is 14.8 Å². The van der Waals surface area contributed by atoms with Crippen molar-refractivity contribution >= 4 is 21.6 Å². The highest BCUT2D eigenvalue weighted by Crippen LogP contribution is 2.33. The summed E-state index contributed by atoms with van der Waals surface area (Å²) in [5, 5.41) is 2.85. The Morgan fingerprint density at radius 3 is 2.30 bits per heavy atom. The van der Waals surface area contributed by atoms with Gasteiger partial charge < -0.3 is 19.5 Å². The summed E-state index contributed by atoms with van der Waals surface area (Å²) in [6.45, 7) is 0.444. The number of hydrogen-bond acceptors (Lipinski definition) is 6. The first-order valence-electron chi connectivity index (χ1n) is 9.56. The van der Waals surface area contributed by atoms with E-state index in [0.717, 1.165) is 0 Å². The summed E-state index contributed by atoms with van der Waals surface area (Å²) >= 11 is 0. The van der Waals surface area contributed by atoms with E-state index in [1.165, 1.54) is 24.6 Å². The number of amides is 1. The van der Waals surface area contributed by atoms with Gasteiger partial charge in [0.1, 0.15) is 22.1 Å². The van der Waals surface area contributed by atoms with Crippen LogP contribution in [0.1, 0.15) is 12.8 Å². The van der Waals surface area contributed by atoms with Crippen LogP contribution in [0.25, 0.3) is 0 Å². The Labute approximate surface area is 176 Å². The van der Waals surface area contributed by atoms with Gasteiger partial charge in [-0.3, -0.25) is 4.79 Å². The summed E-state index contributed by atoms with van der Waals surface area (Å²) in [5.41, 5.74) is 0.634. The number of hydrogen-bond donors (Lipinski definition) is 1. The van der Waals surface area contributed by atoms with E-state index in [-0.39, 0.29) is 23.1 Å². The fourth-order valence-electron chi connectivity index (χ4n) is 3.42. The number of carbonyl (C=O) groups is 1. The largest absolute Gasteiger partial charge is 0.497 e. The van der Waals surface area contributed by atoms with Crippen molar-refractivity contribution in [3.8, 4) is 17.2 Å². The summed E-state index contributed by atoms with van der Waals surface area (Å²) in [6, 6.07) is 11.6. The molecule has 2 aromatic carbocycles. The number of benzene rings is 2. The second kappa shape index (κ2) is 9.36. The van der Waals surface area contributed by atoms with Crippen molar-refractivity contribution in [3.63, 3.8) is 0 Å². The predicted molar refractivity (Wildman–Crippen MR) is 113 cm³/mol. The maximum absolute atomic E-state index is 13.3. The number of nitrogens with one attached hydrogen (secondary N) is 1. The number of anilines is 1. The fraction of sp³-hybridized carbons (Fsp3) is 0.381. The number of ether oxygens (including phenoxy) is 3. The van der Waals surface area contributed by atoms with Gasteiger partial charge >= 0.3 is 0 Å². The van der Waals surface area contributed by atoms with Crippen molar-refractivity contribution in [2.45, 2.75) is 17.7 Å². The number of rotatable bonds is 7. The SMILES string of the molecule is COc1ccc(NC(=O)[C@@H]2CCCN(S(=O)(=O)c3cc(OC)ccc3OC)C2)cc1. The lowest BCUT2D eigenvalue weighted by atomic mass is 9.99. The van der Waals surface area contributed by atoms with Crippen LogP contribution in [-0.4, -0.2) is 53.0 Å². The average Bonchev–Trinajstić information content (AvgIpc) is 2.79. The van der Waals surface area contributed by atoms with Gasteiger partial charge in [0.2, 0.25) is 15.9 Å². The van der Waals surface area contributed by atoms with Crippen LogP contribution in [0.5, 0.6) is 17.2 Å². The minimum absolute atomic E-state index is 0.0283. The summed E-state index contributed by atoms with van der Waals surface area (Å²) < 4.78 is 43.4.